The predicted octanol–water partition coefficient (Wildman–Crippen LogP) is 6.55. The maximum absolute atomic E-state index is 12.2. The zero-order valence-corrected chi connectivity index (χ0v) is 32.5. The first-order valence-corrected chi connectivity index (χ1v) is 20.5. The second kappa shape index (κ2) is 18.6. The number of hydrogen-bond acceptors (Lipinski definition) is 14. The summed E-state index contributed by atoms with van der Waals surface area (Å²) in [6, 6.07) is 22.9. The minimum atomic E-state index is -2.73. The fourth-order valence-corrected chi connectivity index (χ4v) is 8.40. The van der Waals surface area contributed by atoms with Gasteiger partial charge in [-0.1, -0.05) is 35.4 Å². The van der Waals surface area contributed by atoms with E-state index in [1.165, 1.54) is 72.8 Å². The van der Waals surface area contributed by atoms with Crippen molar-refractivity contribution in [3.63, 3.8) is 0 Å². The number of esters is 2. The Hall–Kier alpha value is -6.54. The lowest BCUT2D eigenvalue weighted by molar-refractivity contribution is -0.385. The number of rotatable bonds is 13. The highest BCUT2D eigenvalue weighted by molar-refractivity contribution is 7.93. The summed E-state index contributed by atoms with van der Waals surface area (Å²) < 4.78 is 48.9. The third-order valence-electron chi connectivity index (χ3n) is 8.59. The van der Waals surface area contributed by atoms with Crippen LogP contribution >= 0.6 is 0 Å². The molecule has 4 aromatic carbocycles. The second-order valence-corrected chi connectivity index (χ2v) is 17.8. The molecular weight excluding hydrogens is 801 g/mol. The molecule has 58 heavy (non-hydrogen) atoms. The molecule has 0 heterocycles. The number of carbonyl (C=O) groups is 4. The van der Waals surface area contributed by atoms with Crippen LogP contribution in [0.3, 0.4) is 0 Å². The van der Waals surface area contributed by atoms with Gasteiger partial charge in [-0.2, -0.15) is 0 Å². The molecule has 2 aliphatic rings. The summed E-state index contributed by atoms with van der Waals surface area (Å²) in [5.41, 5.74) is 1.72. The van der Waals surface area contributed by atoms with E-state index in [0.29, 0.717) is 9.79 Å². The van der Waals surface area contributed by atoms with Crippen molar-refractivity contribution < 1.29 is 57.1 Å². The van der Waals surface area contributed by atoms with Crippen molar-refractivity contribution >= 4 is 54.7 Å². The Bertz CT molecular complexity index is 2230. The smallest absolute Gasteiger partial charge is 0.349 e. The Morgan fingerprint density at radius 2 is 0.862 bits per heavy atom. The van der Waals surface area contributed by atoms with Crippen LogP contribution in [0.15, 0.2) is 107 Å². The Morgan fingerprint density at radius 3 is 1.09 bits per heavy atom. The molecule has 4 N–H and O–H groups in total. The van der Waals surface area contributed by atoms with Gasteiger partial charge in [0.15, 0.2) is 0 Å². The lowest BCUT2D eigenvalue weighted by atomic mass is 10.1. The van der Waals surface area contributed by atoms with Crippen LogP contribution in [0.2, 0.25) is 0 Å². The molecule has 1 unspecified atom stereocenters. The van der Waals surface area contributed by atoms with Crippen LogP contribution in [0, 0.1) is 43.6 Å². The van der Waals surface area contributed by atoms with Gasteiger partial charge in [0.25, 0.3) is 11.4 Å². The Kier molecular flexibility index (Phi) is 14.2. The summed E-state index contributed by atoms with van der Waals surface area (Å²) in [7, 11) is -5.46. The fraction of sp³-hybridized carbons (Fsp3) is 0.263. The largest absolute Gasteiger partial charge is 0.478 e. The maximum Gasteiger partial charge on any atom is 0.349 e. The van der Waals surface area contributed by atoms with Crippen LogP contribution < -0.4 is 0 Å². The first kappa shape index (κ1) is 44.2. The highest BCUT2D eigenvalue weighted by Gasteiger charge is 2.41. The van der Waals surface area contributed by atoms with Crippen LogP contribution in [0.25, 0.3) is 0 Å². The Morgan fingerprint density at radius 1 is 0.586 bits per heavy atom. The third kappa shape index (κ3) is 11.7. The van der Waals surface area contributed by atoms with Gasteiger partial charge in [-0.05, 0) is 88.1 Å². The van der Waals surface area contributed by atoms with Crippen molar-refractivity contribution in [2.45, 2.75) is 72.0 Å². The van der Waals surface area contributed by atoms with Crippen LogP contribution in [0.4, 0.5) is 11.4 Å². The Balaban J connectivity index is 0.000000209. The van der Waals surface area contributed by atoms with E-state index in [4.69, 9.17) is 19.0 Å². The molecule has 0 bridgehead atoms. The number of nitro groups is 2. The normalized spacial score (nSPS) is 16.1. The summed E-state index contributed by atoms with van der Waals surface area (Å²) in [6.45, 7) is 3.58. The molecule has 6 rings (SSSR count). The van der Waals surface area contributed by atoms with Gasteiger partial charge in [-0.15, -0.1) is 0 Å². The van der Waals surface area contributed by atoms with E-state index in [1.54, 1.807) is 38.1 Å². The van der Waals surface area contributed by atoms with Crippen LogP contribution in [0.5, 0.6) is 0 Å². The highest BCUT2D eigenvalue weighted by atomic mass is 32.2. The quantitative estimate of drug-likeness (QED) is 0.0631. The van der Waals surface area contributed by atoms with Crippen molar-refractivity contribution in [3.05, 3.63) is 140 Å². The summed E-state index contributed by atoms with van der Waals surface area (Å²) in [5.74, 6) is -5.62. The summed E-state index contributed by atoms with van der Waals surface area (Å²) in [5, 5.41) is 39.3. The number of non-ortho nitro benzene ring substituents is 2. The van der Waals surface area contributed by atoms with Gasteiger partial charge < -0.3 is 19.7 Å². The first-order chi connectivity index (χ1) is 27.2. The molecule has 0 aliphatic heterocycles. The number of hydrogen-bond donors (Lipinski definition) is 4. The van der Waals surface area contributed by atoms with Crippen molar-refractivity contribution in [1.82, 2.24) is 0 Å². The summed E-state index contributed by atoms with van der Waals surface area (Å²) in [6.07, 6.45) is -1.17. The van der Waals surface area contributed by atoms with Gasteiger partial charge in [0, 0.05) is 44.6 Å². The molecular formula is C38H38N4O14S2. The fourth-order valence-electron chi connectivity index (χ4n) is 4.95. The number of nitrogens with one attached hydrogen (secondary N) is 2. The predicted molar refractivity (Wildman–Crippen MR) is 207 cm³/mol. The van der Waals surface area contributed by atoms with E-state index in [2.05, 4.69) is 0 Å². The number of carbonyl (C=O) groups excluding carboxylic acids is 2. The maximum atomic E-state index is 12.2. The first-order valence-electron chi connectivity index (χ1n) is 17.3. The van der Waals surface area contributed by atoms with Gasteiger partial charge in [0.05, 0.1) is 40.4 Å². The molecule has 4 atom stereocenters. The number of aryl methyl sites for hydroxylation is 2. The van der Waals surface area contributed by atoms with Crippen LogP contribution in [-0.2, 0) is 38.5 Å². The molecule has 306 valence electrons. The van der Waals surface area contributed by atoms with E-state index in [0.717, 1.165) is 36.8 Å². The summed E-state index contributed by atoms with van der Waals surface area (Å²) >= 11 is 0. The highest BCUT2D eigenvalue weighted by Crippen LogP contribution is 2.35. The van der Waals surface area contributed by atoms with Crippen molar-refractivity contribution in [1.29, 1.82) is 9.56 Å². The average Bonchev–Trinajstić information content (AvgIpc) is 4.11. The number of aliphatic carboxylic acids is 2. The number of benzene rings is 4. The molecule has 18 nitrogen and oxygen atoms in total. The SMILES string of the molecule is Cc1ccc(C(=O)O[C@H](C(=O)O)[C@H](OC(=O)c2ccc(C)cc2)C(=O)O)cc1.N=S(=O)(c1ccc([N+](=O)[O-])cc1)C1CC1.N=[S@](=O)(c1ccc([N+](=O)[O-])cc1)C1CC1. The molecule has 4 aromatic rings. The van der Waals surface area contributed by atoms with Gasteiger partial charge in [-0.3, -0.25) is 20.2 Å². The zero-order chi connectivity index (χ0) is 42.9. The minimum Gasteiger partial charge on any atom is -0.478 e. The van der Waals surface area contributed by atoms with Crippen molar-refractivity contribution in [2.24, 2.45) is 0 Å². The Labute approximate surface area is 332 Å². The number of nitrogens with zero attached hydrogens (tertiary/aromatic N) is 2. The van der Waals surface area contributed by atoms with E-state index in [1.807, 2.05) is 0 Å². The van der Waals surface area contributed by atoms with Crippen molar-refractivity contribution in [3.8, 4) is 0 Å². The van der Waals surface area contributed by atoms with E-state index < -0.39 is 65.4 Å². The number of carboxylic acids is 2. The topological polar surface area (TPSA) is 295 Å². The number of nitro benzene ring substituents is 2. The molecule has 0 spiro atoms. The lowest BCUT2D eigenvalue weighted by Crippen LogP contribution is -2.45. The molecule has 0 radical (unpaired) electrons. The zero-order valence-electron chi connectivity index (χ0n) is 30.9. The molecule has 20 heteroatoms. The minimum absolute atomic E-state index is 0.0332. The molecule has 2 saturated carbocycles. The standard InChI is InChI=1S/C20H18O8.2C9H10N2O3S/c1-11-3-7-13(8-4-11)19(25)27-15(17(21)22)16(18(23)24)28-20(26)14-9-5-12(2)6-10-14;2*10-15(14,9-5-6-9)8-3-1-7(2-4-8)11(12)13/h3-10,15-16H,1-2H3,(H,21,22)(H,23,24);2*1-4,9-10H,5-6H2/t15-,16-;15-;/m00./s1. The van der Waals surface area contributed by atoms with Gasteiger partial charge >= 0.3 is 23.9 Å². The molecule has 2 aliphatic carbocycles. The third-order valence-corrected chi connectivity index (χ3v) is 13.4. The molecule has 0 amide bonds. The molecule has 2 fully saturated rings. The van der Waals surface area contributed by atoms with Gasteiger partial charge in [0.1, 0.15) is 0 Å². The van der Waals surface area contributed by atoms with Gasteiger partial charge in [0.2, 0.25) is 12.2 Å². The van der Waals surface area contributed by atoms with E-state index in [-0.39, 0.29) is 33.0 Å². The van der Waals surface area contributed by atoms with Gasteiger partial charge in [-0.25, -0.2) is 37.2 Å². The molecule has 0 saturated heterocycles. The number of carboxylic acid groups (broad SMARTS) is 2. The summed E-state index contributed by atoms with van der Waals surface area (Å²) in [4.78, 5) is 67.9. The lowest BCUT2D eigenvalue weighted by Gasteiger charge is -2.21. The van der Waals surface area contributed by atoms with E-state index >= 15 is 0 Å². The van der Waals surface area contributed by atoms with Crippen molar-refractivity contribution in [2.75, 3.05) is 0 Å². The number of ether oxygens (including phenoxy) is 2. The second-order valence-electron chi connectivity index (χ2n) is 13.2. The monoisotopic (exact) mass is 838 g/mol. The average molecular weight is 839 g/mol. The van der Waals surface area contributed by atoms with Crippen LogP contribution in [-0.4, -0.2) is 75.1 Å². The molecule has 0 aromatic heterocycles. The van der Waals surface area contributed by atoms with E-state index in [9.17, 15) is 58.0 Å². The van der Waals surface area contributed by atoms with Crippen LogP contribution in [0.1, 0.15) is 57.5 Å².